The van der Waals surface area contributed by atoms with Crippen molar-refractivity contribution in [3.05, 3.63) is 17.0 Å². The number of carbonyl (C=O) groups excluding carboxylic acids is 1. The van der Waals surface area contributed by atoms with Gasteiger partial charge < -0.3 is 5.32 Å². The number of amides is 1. The average molecular weight is 394 g/mol. The molecule has 11 heteroatoms. The van der Waals surface area contributed by atoms with Gasteiger partial charge in [0, 0.05) is 30.9 Å². The molecule has 1 saturated heterocycles. The third kappa shape index (κ3) is 4.03. The molecule has 2 aliphatic rings. The Hall–Kier alpha value is -1.62. The minimum atomic E-state index is -4.53. The van der Waals surface area contributed by atoms with Gasteiger partial charge in [0.15, 0.2) is 5.69 Å². The molecule has 3 rings (SSSR count). The molecule has 0 bridgehead atoms. The maximum Gasteiger partial charge on any atom is 0.435 e. The number of rotatable bonds is 5. The van der Waals surface area contributed by atoms with E-state index in [0.717, 1.165) is 11.1 Å². The molecule has 0 spiro atoms. The van der Waals surface area contributed by atoms with Gasteiger partial charge in [-0.2, -0.15) is 18.3 Å². The number of nitrogens with zero attached hydrogens (tertiary/aromatic N) is 3. The lowest BCUT2D eigenvalue weighted by atomic mass is 9.95. The number of hydrogen-bond donors (Lipinski definition) is 1. The van der Waals surface area contributed by atoms with Crippen LogP contribution < -0.4 is 5.32 Å². The van der Waals surface area contributed by atoms with Crippen molar-refractivity contribution in [3.8, 4) is 0 Å². The second kappa shape index (κ2) is 7.18. The summed E-state index contributed by atoms with van der Waals surface area (Å²) in [4.78, 5) is 12.1. The fourth-order valence-corrected chi connectivity index (χ4v) is 5.01. The summed E-state index contributed by atoms with van der Waals surface area (Å²) in [6, 6.07) is 0. The Morgan fingerprint density at radius 1 is 1.19 bits per heavy atom. The molecule has 2 heterocycles. The van der Waals surface area contributed by atoms with Crippen molar-refractivity contribution in [1.29, 1.82) is 0 Å². The van der Waals surface area contributed by atoms with E-state index < -0.39 is 27.8 Å². The van der Waals surface area contributed by atoms with Crippen LogP contribution in [0.2, 0.25) is 0 Å². The smallest absolute Gasteiger partial charge is 0.353 e. The summed E-state index contributed by atoms with van der Waals surface area (Å²) in [5.41, 5.74) is -0.233. The zero-order valence-electron chi connectivity index (χ0n) is 14.2. The van der Waals surface area contributed by atoms with E-state index in [2.05, 4.69) is 10.4 Å². The van der Waals surface area contributed by atoms with Gasteiger partial charge in [0.05, 0.1) is 5.75 Å². The van der Waals surface area contributed by atoms with E-state index in [0.29, 0.717) is 37.9 Å². The van der Waals surface area contributed by atoms with Gasteiger partial charge in [-0.05, 0) is 32.1 Å². The molecule has 1 aliphatic carbocycles. The molecule has 1 fully saturated rings. The molecule has 1 amide bonds. The number of sulfonamides is 1. The van der Waals surface area contributed by atoms with E-state index in [1.165, 1.54) is 4.31 Å². The standard InChI is InChI=1S/C15H21F3N4O3S/c16-15(17,18)14-11-4-1-2-5-12(11)22(20-14)10-13(23)19-6-8-21-7-3-9-26(21,24)25/h1-10H2,(H,19,23). The summed E-state index contributed by atoms with van der Waals surface area (Å²) in [6.07, 6.45) is -1.73. The highest BCUT2D eigenvalue weighted by atomic mass is 32.2. The molecule has 7 nitrogen and oxygen atoms in total. The fourth-order valence-electron chi connectivity index (χ4n) is 3.48. The average Bonchev–Trinajstić information content (AvgIpc) is 3.08. The van der Waals surface area contributed by atoms with Crippen molar-refractivity contribution in [2.24, 2.45) is 0 Å². The number of alkyl halides is 3. The first-order valence-corrected chi connectivity index (χ1v) is 10.2. The van der Waals surface area contributed by atoms with Gasteiger partial charge in [0.1, 0.15) is 6.54 Å². The summed E-state index contributed by atoms with van der Waals surface area (Å²) in [5, 5.41) is 6.20. The molecular formula is C15H21F3N4O3S. The van der Waals surface area contributed by atoms with E-state index in [4.69, 9.17) is 0 Å². The quantitative estimate of drug-likeness (QED) is 0.805. The Kier molecular flexibility index (Phi) is 5.29. The monoisotopic (exact) mass is 394 g/mol. The van der Waals surface area contributed by atoms with Crippen LogP contribution >= 0.6 is 0 Å². The second-order valence-electron chi connectivity index (χ2n) is 6.55. The Morgan fingerprint density at radius 3 is 2.58 bits per heavy atom. The molecule has 1 aromatic rings. The highest BCUT2D eigenvalue weighted by Crippen LogP contribution is 2.35. The van der Waals surface area contributed by atoms with Crippen molar-refractivity contribution >= 4 is 15.9 Å². The minimum Gasteiger partial charge on any atom is -0.353 e. The Labute approximate surface area is 149 Å². The van der Waals surface area contributed by atoms with Gasteiger partial charge in [-0.15, -0.1) is 0 Å². The largest absolute Gasteiger partial charge is 0.435 e. The van der Waals surface area contributed by atoms with Crippen molar-refractivity contribution in [3.63, 3.8) is 0 Å². The molecule has 1 aromatic heterocycles. The van der Waals surface area contributed by atoms with Crippen LogP contribution in [0.4, 0.5) is 13.2 Å². The highest BCUT2D eigenvalue weighted by Gasteiger charge is 2.39. The normalized spacial score (nSPS) is 20.1. The van der Waals surface area contributed by atoms with Gasteiger partial charge in [-0.1, -0.05) is 0 Å². The predicted molar refractivity (Wildman–Crippen MR) is 86.9 cm³/mol. The van der Waals surface area contributed by atoms with Crippen LogP contribution in [0.15, 0.2) is 0 Å². The lowest BCUT2D eigenvalue weighted by molar-refractivity contribution is -0.142. The van der Waals surface area contributed by atoms with Crippen molar-refractivity contribution < 1.29 is 26.4 Å². The zero-order valence-corrected chi connectivity index (χ0v) is 15.0. The fraction of sp³-hybridized carbons (Fsp3) is 0.733. The van der Waals surface area contributed by atoms with Gasteiger partial charge >= 0.3 is 6.18 Å². The second-order valence-corrected chi connectivity index (χ2v) is 8.64. The number of aromatic nitrogens is 2. The third-order valence-corrected chi connectivity index (χ3v) is 6.66. The predicted octanol–water partition coefficient (Wildman–Crippen LogP) is 0.932. The molecule has 1 aliphatic heterocycles. The zero-order chi connectivity index (χ0) is 18.9. The molecule has 0 unspecified atom stereocenters. The Balaban J connectivity index is 1.62. The highest BCUT2D eigenvalue weighted by molar-refractivity contribution is 7.89. The van der Waals surface area contributed by atoms with Gasteiger partial charge in [-0.25, -0.2) is 12.7 Å². The first-order valence-electron chi connectivity index (χ1n) is 8.59. The van der Waals surface area contributed by atoms with Crippen LogP contribution in [-0.2, 0) is 40.4 Å². The molecule has 0 radical (unpaired) electrons. The minimum absolute atomic E-state index is 0.112. The molecular weight excluding hydrogens is 373 g/mol. The first-order chi connectivity index (χ1) is 12.2. The van der Waals surface area contributed by atoms with Crippen LogP contribution in [0.25, 0.3) is 0 Å². The lowest BCUT2D eigenvalue weighted by Crippen LogP contribution is -2.37. The van der Waals surface area contributed by atoms with Gasteiger partial charge in [-0.3, -0.25) is 9.48 Å². The summed E-state index contributed by atoms with van der Waals surface area (Å²) in [6.45, 7) is 0.414. The van der Waals surface area contributed by atoms with Crippen LogP contribution in [0, 0.1) is 0 Å². The molecule has 0 saturated carbocycles. The van der Waals surface area contributed by atoms with E-state index in [1.807, 2.05) is 0 Å². The van der Waals surface area contributed by atoms with E-state index in [-0.39, 0.29) is 31.0 Å². The van der Waals surface area contributed by atoms with Crippen LogP contribution in [0.3, 0.4) is 0 Å². The number of fused-ring (bicyclic) bond motifs is 1. The number of nitrogens with one attached hydrogen (secondary N) is 1. The Bertz CT molecular complexity index is 789. The molecule has 0 aromatic carbocycles. The van der Waals surface area contributed by atoms with Crippen LogP contribution in [-0.4, -0.2) is 53.8 Å². The van der Waals surface area contributed by atoms with Crippen molar-refractivity contribution in [1.82, 2.24) is 19.4 Å². The molecule has 146 valence electrons. The van der Waals surface area contributed by atoms with E-state index >= 15 is 0 Å². The topological polar surface area (TPSA) is 84.3 Å². The summed E-state index contributed by atoms with van der Waals surface area (Å²) in [5.74, 6) is -0.369. The van der Waals surface area contributed by atoms with Crippen molar-refractivity contribution in [2.45, 2.75) is 44.8 Å². The number of carbonyl (C=O) groups is 1. The third-order valence-electron chi connectivity index (χ3n) is 4.71. The number of halogens is 3. The first kappa shape index (κ1) is 19.2. The summed E-state index contributed by atoms with van der Waals surface area (Å²) in [7, 11) is -3.23. The maximum atomic E-state index is 13.1. The Morgan fingerprint density at radius 2 is 1.92 bits per heavy atom. The summed E-state index contributed by atoms with van der Waals surface area (Å²) >= 11 is 0. The van der Waals surface area contributed by atoms with Crippen molar-refractivity contribution in [2.75, 3.05) is 25.4 Å². The van der Waals surface area contributed by atoms with Gasteiger partial charge in [0.2, 0.25) is 15.9 Å². The SMILES string of the molecule is O=C(Cn1nc(C(F)(F)F)c2c1CCCC2)NCCN1CCCS1(=O)=O. The van der Waals surface area contributed by atoms with E-state index in [1.54, 1.807) is 0 Å². The lowest BCUT2D eigenvalue weighted by Gasteiger charge is -2.16. The van der Waals surface area contributed by atoms with E-state index in [9.17, 15) is 26.4 Å². The maximum absolute atomic E-state index is 13.1. The molecule has 1 N–H and O–H groups in total. The molecule has 26 heavy (non-hydrogen) atoms. The van der Waals surface area contributed by atoms with Crippen LogP contribution in [0.5, 0.6) is 0 Å². The summed E-state index contributed by atoms with van der Waals surface area (Å²) < 4.78 is 65.2. The van der Waals surface area contributed by atoms with Crippen LogP contribution in [0.1, 0.15) is 36.2 Å². The molecule has 0 atom stereocenters. The number of hydrogen-bond acceptors (Lipinski definition) is 4. The van der Waals surface area contributed by atoms with Gasteiger partial charge in [0.25, 0.3) is 0 Å².